The van der Waals surface area contributed by atoms with Gasteiger partial charge in [0.15, 0.2) is 0 Å². The van der Waals surface area contributed by atoms with E-state index < -0.39 is 11.6 Å². The minimum absolute atomic E-state index is 0.0227. The number of halogens is 1. The Morgan fingerprint density at radius 2 is 1.86 bits per heavy atom. The normalized spacial score (nSPS) is 11.9. The first-order valence-corrected chi connectivity index (χ1v) is 13.7. The topological polar surface area (TPSA) is 114 Å². The van der Waals surface area contributed by atoms with Gasteiger partial charge in [0, 0.05) is 43.0 Å². The third-order valence-electron chi connectivity index (χ3n) is 7.27. The highest BCUT2D eigenvalue weighted by atomic mass is 19.1. The molecule has 5 rings (SSSR count). The molecular weight excluding hydrogens is 549 g/mol. The lowest BCUT2D eigenvalue weighted by Crippen LogP contribution is -2.38. The maximum Gasteiger partial charge on any atom is 0.277 e. The fourth-order valence-corrected chi connectivity index (χ4v) is 4.83. The molecule has 2 aromatic carbocycles. The number of rotatable bonds is 8. The summed E-state index contributed by atoms with van der Waals surface area (Å²) >= 11 is 0. The molecule has 0 unspecified atom stereocenters. The highest BCUT2D eigenvalue weighted by molar-refractivity contribution is 5.95. The number of aromatic nitrogens is 4. The van der Waals surface area contributed by atoms with Crippen LogP contribution in [0.25, 0.3) is 28.0 Å². The molecule has 0 saturated carbocycles. The van der Waals surface area contributed by atoms with Gasteiger partial charge in [0.05, 0.1) is 36.2 Å². The zero-order valence-electron chi connectivity index (χ0n) is 24.6. The molecule has 5 aromatic rings. The second kappa shape index (κ2) is 12.0. The third-order valence-corrected chi connectivity index (χ3v) is 7.27. The van der Waals surface area contributed by atoms with Gasteiger partial charge in [-0.2, -0.15) is 0 Å². The van der Waals surface area contributed by atoms with Crippen molar-refractivity contribution in [2.45, 2.75) is 26.4 Å². The van der Waals surface area contributed by atoms with Gasteiger partial charge >= 0.3 is 0 Å². The Hall–Kier alpha value is -5.16. The summed E-state index contributed by atoms with van der Waals surface area (Å²) in [6, 6.07) is 12.9. The Bertz CT molecular complexity index is 1910. The first-order chi connectivity index (χ1) is 20.6. The van der Waals surface area contributed by atoms with Crippen LogP contribution in [0.1, 0.15) is 28.4 Å². The Kier molecular flexibility index (Phi) is 8.18. The summed E-state index contributed by atoms with van der Waals surface area (Å²) in [5.41, 5.74) is 3.72. The average molecular weight is 582 g/mol. The number of anilines is 1. The SMILES string of the molecule is CN[C@@H](C)C(=O)Nc1cnc(-c2cccc(C(=O)N(C)C)c2)n(Cc2cncc(-n3cc(C)c4cc(F)ccc43)c2)c1=O. The summed E-state index contributed by atoms with van der Waals surface area (Å²) in [4.78, 5) is 49.6. The van der Waals surface area contributed by atoms with Crippen LogP contribution in [-0.4, -0.2) is 63.0 Å². The molecular formula is C32H32FN7O3. The number of aryl methyl sites for hydroxylation is 1. The van der Waals surface area contributed by atoms with E-state index in [1.54, 1.807) is 70.8 Å². The number of hydrogen-bond acceptors (Lipinski definition) is 6. The van der Waals surface area contributed by atoms with Gasteiger partial charge < -0.3 is 20.1 Å². The van der Waals surface area contributed by atoms with Gasteiger partial charge in [-0.25, -0.2) is 9.37 Å². The van der Waals surface area contributed by atoms with Crippen molar-refractivity contribution in [3.63, 3.8) is 0 Å². The summed E-state index contributed by atoms with van der Waals surface area (Å²) in [6.45, 7) is 3.67. The van der Waals surface area contributed by atoms with Crippen LogP contribution in [0, 0.1) is 12.7 Å². The van der Waals surface area contributed by atoms with Crippen LogP contribution in [0.2, 0.25) is 0 Å². The van der Waals surface area contributed by atoms with Crippen LogP contribution in [0.4, 0.5) is 10.1 Å². The minimum Gasteiger partial charge on any atom is -0.345 e. The Labute approximate surface area is 247 Å². The smallest absolute Gasteiger partial charge is 0.277 e. The summed E-state index contributed by atoms with van der Waals surface area (Å²) in [6.07, 6.45) is 6.59. The molecule has 2 amide bonds. The lowest BCUT2D eigenvalue weighted by molar-refractivity contribution is -0.117. The molecule has 220 valence electrons. The largest absolute Gasteiger partial charge is 0.345 e. The fourth-order valence-electron chi connectivity index (χ4n) is 4.83. The molecule has 0 aliphatic carbocycles. The first-order valence-electron chi connectivity index (χ1n) is 13.7. The van der Waals surface area contributed by atoms with E-state index in [1.807, 2.05) is 23.8 Å². The Morgan fingerprint density at radius 3 is 2.60 bits per heavy atom. The number of carbonyl (C=O) groups excluding carboxylic acids is 2. The second-order valence-corrected chi connectivity index (χ2v) is 10.6. The van der Waals surface area contributed by atoms with Gasteiger partial charge in [-0.1, -0.05) is 12.1 Å². The van der Waals surface area contributed by atoms with Crippen LogP contribution in [0.3, 0.4) is 0 Å². The molecule has 0 aliphatic heterocycles. The van der Waals surface area contributed by atoms with Crippen molar-refractivity contribution < 1.29 is 14.0 Å². The maximum absolute atomic E-state index is 13.9. The van der Waals surface area contributed by atoms with Crippen molar-refractivity contribution in [1.29, 1.82) is 0 Å². The summed E-state index contributed by atoms with van der Waals surface area (Å²) in [5.74, 6) is -0.561. The molecule has 1 atom stereocenters. The van der Waals surface area contributed by atoms with Crippen LogP contribution in [0.15, 0.2) is 78.1 Å². The van der Waals surface area contributed by atoms with Crippen molar-refractivity contribution in [2.24, 2.45) is 0 Å². The number of nitrogens with zero attached hydrogens (tertiary/aromatic N) is 5. The molecule has 0 spiro atoms. The van der Waals surface area contributed by atoms with Gasteiger partial charge in [-0.15, -0.1) is 0 Å². The van der Waals surface area contributed by atoms with E-state index in [0.717, 1.165) is 22.2 Å². The molecule has 43 heavy (non-hydrogen) atoms. The Balaban J connectivity index is 1.61. The van der Waals surface area contributed by atoms with Crippen molar-refractivity contribution in [3.8, 4) is 17.1 Å². The molecule has 0 aliphatic rings. The van der Waals surface area contributed by atoms with E-state index in [-0.39, 0.29) is 29.9 Å². The minimum atomic E-state index is -0.532. The molecule has 3 heterocycles. The van der Waals surface area contributed by atoms with Crippen LogP contribution < -0.4 is 16.2 Å². The Morgan fingerprint density at radius 1 is 1.07 bits per heavy atom. The van der Waals surface area contributed by atoms with E-state index in [1.165, 1.54) is 27.8 Å². The maximum atomic E-state index is 13.9. The number of carbonyl (C=O) groups is 2. The molecule has 0 bridgehead atoms. The van der Waals surface area contributed by atoms with Crippen LogP contribution in [-0.2, 0) is 11.3 Å². The highest BCUT2D eigenvalue weighted by Crippen LogP contribution is 2.26. The molecule has 0 radical (unpaired) electrons. The summed E-state index contributed by atoms with van der Waals surface area (Å²) in [5, 5.41) is 6.31. The number of hydrogen-bond donors (Lipinski definition) is 2. The first kappa shape index (κ1) is 29.3. The van der Waals surface area contributed by atoms with Crippen LogP contribution >= 0.6 is 0 Å². The zero-order chi connectivity index (χ0) is 30.8. The van der Waals surface area contributed by atoms with Crippen molar-refractivity contribution in [3.05, 3.63) is 106 Å². The van der Waals surface area contributed by atoms with E-state index in [9.17, 15) is 18.8 Å². The number of benzene rings is 2. The summed E-state index contributed by atoms with van der Waals surface area (Å²) in [7, 11) is 4.98. The van der Waals surface area contributed by atoms with Gasteiger partial charge in [0.25, 0.3) is 11.5 Å². The quantitative estimate of drug-likeness (QED) is 0.287. The summed E-state index contributed by atoms with van der Waals surface area (Å²) < 4.78 is 17.3. The average Bonchev–Trinajstić information content (AvgIpc) is 3.33. The number of nitrogens with one attached hydrogen (secondary N) is 2. The van der Waals surface area contributed by atoms with Crippen molar-refractivity contribution in [2.75, 3.05) is 26.5 Å². The van der Waals surface area contributed by atoms with Crippen LogP contribution in [0.5, 0.6) is 0 Å². The van der Waals surface area contributed by atoms with Gasteiger partial charge in [0.1, 0.15) is 17.3 Å². The standard InChI is InChI=1S/C32H32FN7O3/c1-19-17-39(28-10-9-24(33)13-26(19)28)25-11-21(14-35-15-25)18-40-29(22-7-6-8-23(12-22)31(42)38(4)5)36-16-27(32(40)43)37-30(41)20(2)34-3/h6-17,20,34H,18H2,1-5H3,(H,37,41)/t20-/m0/s1. The van der Waals surface area contributed by atoms with E-state index >= 15 is 0 Å². The molecule has 0 saturated heterocycles. The number of pyridine rings is 1. The van der Waals surface area contributed by atoms with Gasteiger partial charge in [-0.05, 0) is 68.4 Å². The van der Waals surface area contributed by atoms with Crippen molar-refractivity contribution in [1.82, 2.24) is 29.3 Å². The van der Waals surface area contributed by atoms with E-state index in [0.29, 0.717) is 22.5 Å². The lowest BCUT2D eigenvalue weighted by Gasteiger charge is -2.17. The monoisotopic (exact) mass is 581 g/mol. The van der Waals surface area contributed by atoms with Crippen molar-refractivity contribution >= 4 is 28.4 Å². The van der Waals surface area contributed by atoms with Gasteiger partial charge in [-0.3, -0.25) is 23.9 Å². The second-order valence-electron chi connectivity index (χ2n) is 10.6. The molecule has 10 nitrogen and oxygen atoms in total. The number of fused-ring (bicyclic) bond motifs is 1. The van der Waals surface area contributed by atoms with Gasteiger partial charge in [0.2, 0.25) is 5.91 Å². The molecule has 3 aromatic heterocycles. The number of likely N-dealkylation sites (N-methyl/N-ethyl adjacent to an activating group) is 1. The molecule has 0 fully saturated rings. The molecule has 2 N–H and O–H groups in total. The predicted octanol–water partition coefficient (Wildman–Crippen LogP) is 3.99. The predicted molar refractivity (Wildman–Crippen MR) is 164 cm³/mol. The van der Waals surface area contributed by atoms with E-state index in [4.69, 9.17) is 0 Å². The third kappa shape index (κ3) is 5.93. The van der Waals surface area contributed by atoms with E-state index in [2.05, 4.69) is 20.6 Å². The number of amides is 2. The highest BCUT2D eigenvalue weighted by Gasteiger charge is 2.19. The molecule has 11 heteroatoms. The zero-order valence-corrected chi connectivity index (χ0v) is 24.6. The fraction of sp³-hybridized carbons (Fsp3) is 0.219. The lowest BCUT2D eigenvalue weighted by atomic mass is 10.1.